The van der Waals surface area contributed by atoms with Crippen LogP contribution < -0.4 is 5.48 Å². The summed E-state index contributed by atoms with van der Waals surface area (Å²) < 4.78 is 0. The summed E-state index contributed by atoms with van der Waals surface area (Å²) in [5.74, 6) is -0.139. The molecule has 1 fully saturated rings. The van der Waals surface area contributed by atoms with Gasteiger partial charge in [-0.1, -0.05) is 13.3 Å². The highest BCUT2D eigenvalue weighted by atomic mass is 16.7. The van der Waals surface area contributed by atoms with E-state index in [2.05, 4.69) is 5.48 Å². The molecule has 11 heavy (non-hydrogen) atoms. The Hall–Kier alpha value is -0.570. The molecule has 0 heterocycles. The van der Waals surface area contributed by atoms with E-state index in [4.69, 9.17) is 4.84 Å². The molecule has 1 saturated carbocycles. The lowest BCUT2D eigenvalue weighted by atomic mass is 9.94. The van der Waals surface area contributed by atoms with Gasteiger partial charge in [0.2, 0.25) is 0 Å². The molecule has 0 aromatic heterocycles. The Morgan fingerprint density at radius 3 is 2.82 bits per heavy atom. The fourth-order valence-corrected chi connectivity index (χ4v) is 0.930. The van der Waals surface area contributed by atoms with Crippen molar-refractivity contribution < 1.29 is 9.63 Å². The molecule has 1 aliphatic rings. The Morgan fingerprint density at radius 2 is 2.36 bits per heavy atom. The van der Waals surface area contributed by atoms with Crippen LogP contribution in [0.1, 0.15) is 39.0 Å². The molecule has 0 unspecified atom stereocenters. The first-order valence-corrected chi connectivity index (χ1v) is 4.28. The van der Waals surface area contributed by atoms with Crippen LogP contribution in [0.25, 0.3) is 0 Å². The van der Waals surface area contributed by atoms with Gasteiger partial charge in [0, 0.05) is 12.5 Å². The van der Waals surface area contributed by atoms with E-state index in [1.54, 1.807) is 0 Å². The zero-order valence-corrected chi connectivity index (χ0v) is 6.93. The van der Waals surface area contributed by atoms with Gasteiger partial charge in [-0.3, -0.25) is 4.79 Å². The zero-order chi connectivity index (χ0) is 8.10. The molecule has 0 atom stereocenters. The average molecular weight is 157 g/mol. The SMILES string of the molecule is CCCC(=O)ONC1CCC1. The highest BCUT2D eigenvalue weighted by Crippen LogP contribution is 2.17. The van der Waals surface area contributed by atoms with E-state index in [1.807, 2.05) is 6.92 Å². The summed E-state index contributed by atoms with van der Waals surface area (Å²) in [6.45, 7) is 1.96. The van der Waals surface area contributed by atoms with Gasteiger partial charge in [-0.05, 0) is 19.3 Å². The molecule has 0 aromatic rings. The topological polar surface area (TPSA) is 38.3 Å². The van der Waals surface area contributed by atoms with Crippen molar-refractivity contribution in [3.63, 3.8) is 0 Å². The van der Waals surface area contributed by atoms with Crippen LogP contribution in [0.5, 0.6) is 0 Å². The van der Waals surface area contributed by atoms with Crippen LogP contribution in [-0.2, 0) is 9.63 Å². The van der Waals surface area contributed by atoms with E-state index < -0.39 is 0 Å². The Balaban J connectivity index is 1.96. The number of carbonyl (C=O) groups excluding carboxylic acids is 1. The summed E-state index contributed by atoms with van der Waals surface area (Å²) in [5, 5.41) is 0. The second-order valence-electron chi connectivity index (χ2n) is 2.97. The molecule has 3 heteroatoms. The van der Waals surface area contributed by atoms with E-state index in [-0.39, 0.29) is 5.97 Å². The fourth-order valence-electron chi connectivity index (χ4n) is 0.930. The van der Waals surface area contributed by atoms with Gasteiger partial charge >= 0.3 is 5.97 Å². The maximum atomic E-state index is 10.8. The van der Waals surface area contributed by atoms with Gasteiger partial charge in [0.25, 0.3) is 0 Å². The van der Waals surface area contributed by atoms with Crippen molar-refractivity contribution in [2.75, 3.05) is 0 Å². The minimum absolute atomic E-state index is 0.139. The summed E-state index contributed by atoms with van der Waals surface area (Å²) in [7, 11) is 0. The van der Waals surface area contributed by atoms with Crippen LogP contribution in [0.15, 0.2) is 0 Å². The maximum Gasteiger partial charge on any atom is 0.324 e. The van der Waals surface area contributed by atoms with Gasteiger partial charge in [0.15, 0.2) is 0 Å². The summed E-state index contributed by atoms with van der Waals surface area (Å²) >= 11 is 0. The van der Waals surface area contributed by atoms with Crippen LogP contribution in [0.3, 0.4) is 0 Å². The predicted molar refractivity (Wildman–Crippen MR) is 41.8 cm³/mol. The van der Waals surface area contributed by atoms with Crippen molar-refractivity contribution in [1.29, 1.82) is 0 Å². The first-order valence-electron chi connectivity index (χ1n) is 4.28. The second-order valence-corrected chi connectivity index (χ2v) is 2.97. The third-order valence-corrected chi connectivity index (χ3v) is 1.90. The van der Waals surface area contributed by atoms with E-state index in [0.717, 1.165) is 19.3 Å². The molecule has 3 nitrogen and oxygen atoms in total. The van der Waals surface area contributed by atoms with Crippen LogP contribution in [0.2, 0.25) is 0 Å². The number of rotatable bonds is 4. The van der Waals surface area contributed by atoms with Gasteiger partial charge in [0.05, 0.1) is 0 Å². The van der Waals surface area contributed by atoms with Crippen molar-refractivity contribution in [1.82, 2.24) is 5.48 Å². The molecular formula is C8H15NO2. The highest BCUT2D eigenvalue weighted by molar-refractivity contribution is 5.68. The first kappa shape index (κ1) is 8.53. The summed E-state index contributed by atoms with van der Waals surface area (Å²) in [5.41, 5.74) is 2.75. The van der Waals surface area contributed by atoms with Gasteiger partial charge in [-0.25, -0.2) is 0 Å². The number of hydrogen-bond donors (Lipinski definition) is 1. The first-order chi connectivity index (χ1) is 5.33. The Morgan fingerprint density at radius 1 is 1.64 bits per heavy atom. The molecule has 0 amide bonds. The van der Waals surface area contributed by atoms with Crippen molar-refractivity contribution >= 4 is 5.97 Å². The standard InChI is InChI=1S/C8H15NO2/c1-2-4-8(10)11-9-7-5-3-6-7/h7,9H,2-6H2,1H3. The van der Waals surface area contributed by atoms with Crippen molar-refractivity contribution in [3.8, 4) is 0 Å². The van der Waals surface area contributed by atoms with E-state index in [9.17, 15) is 4.79 Å². The van der Waals surface area contributed by atoms with Gasteiger partial charge in [-0.15, -0.1) is 0 Å². The summed E-state index contributed by atoms with van der Waals surface area (Å²) in [4.78, 5) is 15.6. The van der Waals surface area contributed by atoms with Gasteiger partial charge in [-0.2, -0.15) is 5.48 Å². The molecule has 1 N–H and O–H groups in total. The van der Waals surface area contributed by atoms with Crippen LogP contribution in [-0.4, -0.2) is 12.0 Å². The molecule has 64 valence electrons. The Labute approximate surface area is 67.1 Å². The zero-order valence-electron chi connectivity index (χ0n) is 6.93. The van der Waals surface area contributed by atoms with E-state index in [0.29, 0.717) is 12.5 Å². The Kier molecular flexibility index (Phi) is 3.36. The summed E-state index contributed by atoms with van der Waals surface area (Å²) in [6, 6.07) is 0.427. The molecule has 0 radical (unpaired) electrons. The predicted octanol–water partition coefficient (Wildman–Crippen LogP) is 1.39. The van der Waals surface area contributed by atoms with Crippen molar-refractivity contribution in [3.05, 3.63) is 0 Å². The number of carbonyl (C=O) groups is 1. The van der Waals surface area contributed by atoms with Gasteiger partial charge < -0.3 is 4.84 Å². The third-order valence-electron chi connectivity index (χ3n) is 1.90. The monoisotopic (exact) mass is 157 g/mol. The van der Waals surface area contributed by atoms with Crippen LogP contribution in [0, 0.1) is 0 Å². The smallest absolute Gasteiger partial charge is 0.324 e. The quantitative estimate of drug-likeness (QED) is 0.627. The normalized spacial score (nSPS) is 17.5. The van der Waals surface area contributed by atoms with Crippen molar-refractivity contribution in [2.24, 2.45) is 0 Å². The minimum atomic E-state index is -0.139. The largest absolute Gasteiger partial charge is 0.370 e. The van der Waals surface area contributed by atoms with Crippen LogP contribution >= 0.6 is 0 Å². The van der Waals surface area contributed by atoms with Gasteiger partial charge in [0.1, 0.15) is 0 Å². The second kappa shape index (κ2) is 4.34. The number of hydrogen-bond acceptors (Lipinski definition) is 3. The van der Waals surface area contributed by atoms with E-state index in [1.165, 1.54) is 6.42 Å². The molecular weight excluding hydrogens is 142 g/mol. The highest BCUT2D eigenvalue weighted by Gasteiger charge is 2.18. The Bertz CT molecular complexity index is 132. The third kappa shape index (κ3) is 2.89. The van der Waals surface area contributed by atoms with Crippen molar-refractivity contribution in [2.45, 2.75) is 45.1 Å². The molecule has 0 aliphatic heterocycles. The minimum Gasteiger partial charge on any atom is -0.370 e. The average Bonchev–Trinajstić information content (AvgIpc) is 1.85. The molecule has 1 aliphatic carbocycles. The van der Waals surface area contributed by atoms with E-state index >= 15 is 0 Å². The molecule has 0 saturated heterocycles. The lowest BCUT2D eigenvalue weighted by Gasteiger charge is -2.25. The number of nitrogens with one attached hydrogen (secondary N) is 1. The lowest BCUT2D eigenvalue weighted by Crippen LogP contribution is -2.36. The molecule has 0 spiro atoms. The maximum absolute atomic E-state index is 10.8. The summed E-state index contributed by atoms with van der Waals surface area (Å²) in [6.07, 6.45) is 4.90. The molecule has 0 bridgehead atoms. The van der Waals surface area contributed by atoms with Crippen LogP contribution in [0.4, 0.5) is 0 Å². The molecule has 1 rings (SSSR count). The number of hydroxylamine groups is 1. The fraction of sp³-hybridized carbons (Fsp3) is 0.875. The lowest BCUT2D eigenvalue weighted by molar-refractivity contribution is -0.154. The molecule has 0 aromatic carbocycles.